The summed E-state index contributed by atoms with van der Waals surface area (Å²) in [6.07, 6.45) is 0. The molecule has 0 saturated carbocycles. The van der Waals surface area contributed by atoms with E-state index in [1.54, 1.807) is 20.2 Å². The van der Waals surface area contributed by atoms with Crippen LogP contribution in [-0.2, 0) is 10.2 Å². The van der Waals surface area contributed by atoms with Crippen LogP contribution < -0.4 is 10.0 Å². The quantitative estimate of drug-likeness (QED) is 0.515. The first-order valence-corrected chi connectivity index (χ1v) is 12.3. The van der Waals surface area contributed by atoms with Gasteiger partial charge in [-0.3, -0.25) is 9.79 Å². The molecule has 3 rings (SSSR count). The predicted molar refractivity (Wildman–Crippen MR) is 133 cm³/mol. The van der Waals surface area contributed by atoms with Gasteiger partial charge in [0.15, 0.2) is 17.4 Å². The highest BCUT2D eigenvalue weighted by Crippen LogP contribution is 2.37. The van der Waals surface area contributed by atoms with Crippen molar-refractivity contribution in [1.82, 2.24) is 9.62 Å². The van der Waals surface area contributed by atoms with Crippen LogP contribution in [0.2, 0.25) is 0 Å². The number of nitrogens with zero attached hydrogens (tertiary/aromatic N) is 3. The molecule has 176 valence electrons. The van der Waals surface area contributed by atoms with Gasteiger partial charge in [-0.2, -0.15) is 8.42 Å². The van der Waals surface area contributed by atoms with Crippen LogP contribution in [0, 0.1) is 5.41 Å². The Morgan fingerprint density at radius 2 is 1.82 bits per heavy atom. The molecule has 0 unspecified atom stereocenters. The monoisotopic (exact) mass is 535 g/mol. The van der Waals surface area contributed by atoms with Crippen LogP contribution in [0.15, 0.2) is 56.3 Å². The molecule has 1 atom stereocenters. The van der Waals surface area contributed by atoms with Crippen molar-refractivity contribution in [3.05, 3.63) is 58.1 Å². The summed E-state index contributed by atoms with van der Waals surface area (Å²) in [6, 6.07) is 12.2. The number of benzene rings is 2. The number of amidine groups is 2. The number of carbonyl (C=O) groups is 1. The number of hydrogen-bond donors (Lipinski definition) is 3. The summed E-state index contributed by atoms with van der Waals surface area (Å²) in [7, 11) is -0.896. The number of carbonyl (C=O) groups excluding carboxylic acids is 1. The summed E-state index contributed by atoms with van der Waals surface area (Å²) in [5.41, 5.74) is 0.724. The van der Waals surface area contributed by atoms with Crippen LogP contribution in [-0.4, -0.2) is 50.1 Å². The van der Waals surface area contributed by atoms with Gasteiger partial charge in [0.05, 0.1) is 17.3 Å². The van der Waals surface area contributed by atoms with Crippen LogP contribution in [0.4, 0.5) is 5.69 Å². The third-order valence-electron chi connectivity index (χ3n) is 4.86. The molecule has 11 heteroatoms. The van der Waals surface area contributed by atoms with Crippen molar-refractivity contribution in [2.45, 2.75) is 26.8 Å². The molecule has 0 aliphatic carbocycles. The number of hydrogen-bond acceptors (Lipinski definition) is 6. The van der Waals surface area contributed by atoms with Gasteiger partial charge in [0.1, 0.15) is 0 Å². The molecule has 0 radical (unpaired) electrons. The molecule has 2 aromatic carbocycles. The van der Waals surface area contributed by atoms with Gasteiger partial charge in [-0.15, -0.1) is 4.40 Å². The van der Waals surface area contributed by atoms with Crippen molar-refractivity contribution >= 4 is 49.4 Å². The molecule has 0 bridgehead atoms. The van der Waals surface area contributed by atoms with Crippen LogP contribution in [0.5, 0.6) is 5.75 Å². The first kappa shape index (κ1) is 24.7. The second-order valence-corrected chi connectivity index (χ2v) is 11.0. The smallest absolute Gasteiger partial charge is 0.345 e. The molecular formula is C22H26BrN5O4S. The zero-order chi connectivity index (χ0) is 24.6. The van der Waals surface area contributed by atoms with Gasteiger partial charge in [0.2, 0.25) is 0 Å². The molecule has 1 heterocycles. The van der Waals surface area contributed by atoms with Crippen LogP contribution in [0.3, 0.4) is 0 Å². The maximum Gasteiger partial charge on any atom is 0.345 e. The summed E-state index contributed by atoms with van der Waals surface area (Å²) in [5.74, 6) is -0.833. The summed E-state index contributed by atoms with van der Waals surface area (Å²) in [6.45, 7) is 6.01. The topological polar surface area (TPSA) is 123 Å². The maximum absolute atomic E-state index is 12.5. The maximum atomic E-state index is 12.5. The van der Waals surface area contributed by atoms with E-state index >= 15 is 0 Å². The van der Waals surface area contributed by atoms with Crippen LogP contribution in [0.1, 0.15) is 42.7 Å². The molecule has 1 aliphatic rings. The van der Waals surface area contributed by atoms with E-state index < -0.39 is 16.1 Å². The van der Waals surface area contributed by atoms with Crippen molar-refractivity contribution < 1.29 is 18.3 Å². The number of phenolic OH excluding ortho intramolecular Hbond substituents is 1. The van der Waals surface area contributed by atoms with E-state index in [1.807, 2.05) is 51.1 Å². The summed E-state index contributed by atoms with van der Waals surface area (Å²) in [4.78, 5) is 18.5. The highest BCUT2D eigenvalue weighted by molar-refractivity contribution is 9.10. The molecular weight excluding hydrogens is 510 g/mol. The fourth-order valence-electron chi connectivity index (χ4n) is 3.28. The number of aliphatic imine (C=N–C) groups is 1. The standard InChI is InChI=1S/C22H26BrN5O4S/c1-22(2,3)18(13-9-7-6-8-10-13)25-20-19(26-33(31,32)27-20)24-15-12-11-14(23)16(17(15)29)21(30)28(4)5/h6-12,18,29H,1-5H3,(H,24,26)(H,25,27)/t18-/m0/s1. The lowest BCUT2D eigenvalue weighted by molar-refractivity contribution is 0.0824. The minimum atomic E-state index is -4.02. The third kappa shape index (κ3) is 5.53. The Kier molecular flexibility index (Phi) is 6.85. The van der Waals surface area contributed by atoms with E-state index in [4.69, 9.17) is 4.99 Å². The minimum Gasteiger partial charge on any atom is -0.505 e. The fraction of sp³-hybridized carbons (Fsp3) is 0.318. The van der Waals surface area contributed by atoms with Gasteiger partial charge >= 0.3 is 10.2 Å². The van der Waals surface area contributed by atoms with E-state index in [-0.39, 0.29) is 40.1 Å². The van der Waals surface area contributed by atoms with Crippen molar-refractivity contribution in [2.75, 3.05) is 19.4 Å². The SMILES string of the molecule is CN(C)C(=O)c1c(Br)ccc(NC2=NS(=O)(=O)NC2=N[C@@H](c2ccccc2)C(C)(C)C)c1O. The average molecular weight is 536 g/mol. The molecule has 3 N–H and O–H groups in total. The van der Waals surface area contributed by atoms with E-state index in [1.165, 1.54) is 11.0 Å². The number of amides is 1. The van der Waals surface area contributed by atoms with Gasteiger partial charge in [-0.25, -0.2) is 4.72 Å². The van der Waals surface area contributed by atoms with E-state index in [0.29, 0.717) is 4.47 Å². The highest BCUT2D eigenvalue weighted by atomic mass is 79.9. The Hall–Kier alpha value is -2.92. The second kappa shape index (κ2) is 9.14. The van der Waals surface area contributed by atoms with Crippen molar-refractivity contribution in [3.63, 3.8) is 0 Å². The van der Waals surface area contributed by atoms with Gasteiger partial charge in [-0.05, 0) is 39.0 Å². The lowest BCUT2D eigenvalue weighted by Gasteiger charge is -2.28. The molecule has 1 amide bonds. The van der Waals surface area contributed by atoms with Gasteiger partial charge in [-0.1, -0.05) is 51.1 Å². The summed E-state index contributed by atoms with van der Waals surface area (Å²) >= 11 is 3.28. The molecule has 0 aromatic heterocycles. The Bertz CT molecular complexity index is 1240. The van der Waals surface area contributed by atoms with Gasteiger partial charge < -0.3 is 15.3 Å². The zero-order valence-electron chi connectivity index (χ0n) is 18.9. The number of aromatic hydroxyl groups is 1. The average Bonchev–Trinajstić information content (AvgIpc) is 3.01. The number of rotatable bonds is 4. The zero-order valence-corrected chi connectivity index (χ0v) is 21.3. The third-order valence-corrected chi connectivity index (χ3v) is 6.39. The largest absolute Gasteiger partial charge is 0.505 e. The molecule has 0 spiro atoms. The summed E-state index contributed by atoms with van der Waals surface area (Å²) in [5, 5.41) is 13.6. The van der Waals surface area contributed by atoms with E-state index in [0.717, 1.165) is 5.56 Å². The first-order chi connectivity index (χ1) is 15.3. The number of nitrogens with one attached hydrogen (secondary N) is 2. The Balaban J connectivity index is 2.06. The Morgan fingerprint density at radius 3 is 2.39 bits per heavy atom. The molecule has 9 nitrogen and oxygen atoms in total. The lowest BCUT2D eigenvalue weighted by Crippen LogP contribution is -2.32. The number of halogens is 1. The molecule has 0 saturated heterocycles. The molecule has 2 aromatic rings. The second-order valence-electron chi connectivity index (χ2n) is 8.82. The highest BCUT2D eigenvalue weighted by Gasteiger charge is 2.32. The Labute approximate surface area is 202 Å². The van der Waals surface area contributed by atoms with Gasteiger partial charge in [0, 0.05) is 18.6 Å². The van der Waals surface area contributed by atoms with Crippen molar-refractivity contribution in [1.29, 1.82) is 0 Å². The first-order valence-electron chi connectivity index (χ1n) is 10.1. The molecule has 0 fully saturated rings. The predicted octanol–water partition coefficient (Wildman–Crippen LogP) is 3.70. The van der Waals surface area contributed by atoms with Crippen LogP contribution >= 0.6 is 15.9 Å². The minimum absolute atomic E-state index is 0.0154. The van der Waals surface area contributed by atoms with E-state index in [2.05, 4.69) is 30.4 Å². The van der Waals surface area contributed by atoms with Crippen LogP contribution in [0.25, 0.3) is 0 Å². The normalized spacial score (nSPS) is 17.3. The van der Waals surface area contributed by atoms with Crippen molar-refractivity contribution in [3.8, 4) is 5.75 Å². The van der Waals surface area contributed by atoms with E-state index in [9.17, 15) is 18.3 Å². The summed E-state index contributed by atoms with van der Waals surface area (Å²) < 4.78 is 31.0. The number of anilines is 1. The van der Waals surface area contributed by atoms with Crippen molar-refractivity contribution in [2.24, 2.45) is 14.8 Å². The number of phenols is 1. The molecule has 33 heavy (non-hydrogen) atoms. The molecule has 1 aliphatic heterocycles. The fourth-order valence-corrected chi connectivity index (χ4v) is 4.58. The Morgan fingerprint density at radius 1 is 1.18 bits per heavy atom. The lowest BCUT2D eigenvalue weighted by atomic mass is 9.83. The van der Waals surface area contributed by atoms with Gasteiger partial charge in [0.25, 0.3) is 5.91 Å².